The molecule has 0 radical (unpaired) electrons. The molecule has 2 N–H and O–H groups in total. The van der Waals surface area contributed by atoms with Crippen LogP contribution in [0.4, 0.5) is 5.00 Å². The number of hydrogen-bond donors (Lipinski definition) is 2. The summed E-state index contributed by atoms with van der Waals surface area (Å²) in [6.07, 6.45) is 0. The quantitative estimate of drug-likeness (QED) is 0.711. The van der Waals surface area contributed by atoms with Crippen LogP contribution in [0.5, 0.6) is 5.75 Å². The summed E-state index contributed by atoms with van der Waals surface area (Å²) >= 11 is 1.19. The van der Waals surface area contributed by atoms with Crippen molar-refractivity contribution >= 4 is 34.1 Å². The van der Waals surface area contributed by atoms with Crippen molar-refractivity contribution in [1.29, 1.82) is 5.26 Å². The number of nitrogens with zero attached hydrogens (tertiary/aromatic N) is 1. The van der Waals surface area contributed by atoms with Gasteiger partial charge in [0.05, 0.1) is 12.7 Å². The number of anilines is 1. The Labute approximate surface area is 153 Å². The Bertz CT molecular complexity index is 856. The van der Waals surface area contributed by atoms with Gasteiger partial charge >= 0.3 is 5.97 Å². The van der Waals surface area contributed by atoms with Crippen LogP contribution >= 0.6 is 11.3 Å². The molecular formula is C17H15N3O5S. The summed E-state index contributed by atoms with van der Waals surface area (Å²) in [4.78, 5) is 35.3. The summed E-state index contributed by atoms with van der Waals surface area (Å²) in [6.45, 7) is -0.900. The van der Waals surface area contributed by atoms with E-state index in [1.807, 2.05) is 6.07 Å². The molecule has 0 aliphatic heterocycles. The van der Waals surface area contributed by atoms with E-state index in [0.717, 1.165) is 0 Å². The van der Waals surface area contributed by atoms with Crippen LogP contribution in [0, 0.1) is 11.3 Å². The lowest BCUT2D eigenvalue weighted by molar-refractivity contribution is -0.146. The van der Waals surface area contributed by atoms with Gasteiger partial charge in [0.1, 0.15) is 23.4 Å². The molecule has 134 valence electrons. The largest absolute Gasteiger partial charge is 0.497 e. The minimum absolute atomic E-state index is 0.330. The molecule has 0 atom stereocenters. The third-order valence-electron chi connectivity index (χ3n) is 3.13. The molecule has 9 heteroatoms. The van der Waals surface area contributed by atoms with Crippen LogP contribution in [0.25, 0.3) is 0 Å². The Balaban J connectivity index is 1.75. The first-order chi connectivity index (χ1) is 12.5. The molecule has 0 unspecified atom stereocenters. The molecule has 0 spiro atoms. The summed E-state index contributed by atoms with van der Waals surface area (Å²) < 4.78 is 9.81. The number of carbonyl (C=O) groups is 3. The maximum absolute atomic E-state index is 12.0. The second-order valence-corrected chi connectivity index (χ2v) is 5.81. The Kier molecular flexibility index (Phi) is 6.70. The first-order valence-corrected chi connectivity index (χ1v) is 8.26. The maximum atomic E-state index is 12.0. The van der Waals surface area contributed by atoms with E-state index in [-0.39, 0.29) is 6.54 Å². The van der Waals surface area contributed by atoms with Crippen LogP contribution in [0.1, 0.15) is 15.9 Å². The number of amides is 2. The van der Waals surface area contributed by atoms with Crippen LogP contribution < -0.4 is 15.4 Å². The summed E-state index contributed by atoms with van der Waals surface area (Å²) in [5.41, 5.74) is 0.664. The number of nitrogens with one attached hydrogen (secondary N) is 2. The lowest BCUT2D eigenvalue weighted by Crippen LogP contribution is -2.32. The molecule has 0 saturated heterocycles. The molecule has 2 rings (SSSR count). The van der Waals surface area contributed by atoms with Crippen molar-refractivity contribution in [3.63, 3.8) is 0 Å². The second kappa shape index (κ2) is 9.19. The van der Waals surface area contributed by atoms with Crippen LogP contribution in [0.2, 0.25) is 0 Å². The highest BCUT2D eigenvalue weighted by Crippen LogP contribution is 2.21. The van der Waals surface area contributed by atoms with Gasteiger partial charge in [-0.15, -0.1) is 11.3 Å². The zero-order chi connectivity index (χ0) is 18.9. The molecule has 1 aromatic heterocycles. The van der Waals surface area contributed by atoms with Crippen molar-refractivity contribution in [2.75, 3.05) is 25.6 Å². The summed E-state index contributed by atoms with van der Waals surface area (Å²) in [5.74, 6) is -1.29. The number of carbonyl (C=O) groups excluding carboxylic acids is 3. The van der Waals surface area contributed by atoms with Gasteiger partial charge in [0.25, 0.3) is 11.8 Å². The van der Waals surface area contributed by atoms with E-state index in [1.165, 1.54) is 24.5 Å². The molecule has 2 amide bonds. The molecule has 0 aliphatic rings. The lowest BCUT2D eigenvalue weighted by Gasteiger charge is -2.07. The van der Waals surface area contributed by atoms with Crippen LogP contribution in [-0.2, 0) is 14.3 Å². The maximum Gasteiger partial charge on any atom is 0.325 e. The van der Waals surface area contributed by atoms with E-state index >= 15 is 0 Å². The molecular weight excluding hydrogens is 358 g/mol. The smallest absolute Gasteiger partial charge is 0.325 e. The van der Waals surface area contributed by atoms with E-state index < -0.39 is 24.4 Å². The fourth-order valence-corrected chi connectivity index (χ4v) is 2.63. The summed E-state index contributed by atoms with van der Waals surface area (Å²) in [6, 6.07) is 9.95. The second-order valence-electron chi connectivity index (χ2n) is 4.90. The predicted octanol–water partition coefficient (Wildman–Crippen LogP) is 1.54. The van der Waals surface area contributed by atoms with Crippen molar-refractivity contribution in [2.24, 2.45) is 0 Å². The highest BCUT2D eigenvalue weighted by Gasteiger charge is 2.13. The Morgan fingerprint density at radius 3 is 2.81 bits per heavy atom. The molecule has 0 bridgehead atoms. The Hall–Kier alpha value is -3.38. The van der Waals surface area contributed by atoms with Gasteiger partial charge < -0.3 is 20.1 Å². The fourth-order valence-electron chi connectivity index (χ4n) is 1.87. The number of methoxy groups -OCH3 is 1. The number of thiophene rings is 1. The first-order valence-electron chi connectivity index (χ1n) is 7.39. The van der Waals surface area contributed by atoms with Crippen molar-refractivity contribution in [2.45, 2.75) is 0 Å². The van der Waals surface area contributed by atoms with E-state index in [1.54, 1.807) is 29.6 Å². The van der Waals surface area contributed by atoms with Crippen molar-refractivity contribution < 1.29 is 23.9 Å². The topological polar surface area (TPSA) is 118 Å². The normalized spacial score (nSPS) is 9.69. The molecule has 26 heavy (non-hydrogen) atoms. The number of nitriles is 1. The van der Waals surface area contributed by atoms with Gasteiger partial charge in [0.15, 0.2) is 6.61 Å². The number of ether oxygens (including phenoxy) is 2. The monoisotopic (exact) mass is 373 g/mol. The number of hydrogen-bond acceptors (Lipinski definition) is 7. The highest BCUT2D eigenvalue weighted by molar-refractivity contribution is 7.14. The van der Waals surface area contributed by atoms with Crippen LogP contribution in [-0.4, -0.2) is 38.0 Å². The van der Waals surface area contributed by atoms with Crippen molar-refractivity contribution in [1.82, 2.24) is 5.32 Å². The molecule has 0 saturated carbocycles. The minimum Gasteiger partial charge on any atom is -0.497 e. The molecule has 8 nitrogen and oxygen atoms in total. The van der Waals surface area contributed by atoms with E-state index in [4.69, 9.17) is 14.7 Å². The fraction of sp³-hybridized carbons (Fsp3) is 0.176. The van der Waals surface area contributed by atoms with Crippen LogP contribution in [0.15, 0.2) is 35.7 Å². The van der Waals surface area contributed by atoms with Crippen molar-refractivity contribution in [3.05, 3.63) is 46.8 Å². The lowest BCUT2D eigenvalue weighted by atomic mass is 10.2. The van der Waals surface area contributed by atoms with Gasteiger partial charge in [-0.3, -0.25) is 14.4 Å². The molecule has 2 aromatic rings. The SMILES string of the molecule is COc1cccc(C(=O)NCC(=O)OCC(=O)Nc2sccc2C#N)c1. The number of rotatable bonds is 7. The van der Waals surface area contributed by atoms with Gasteiger partial charge in [-0.05, 0) is 29.6 Å². The standard InChI is InChI=1S/C17H15N3O5S/c1-24-13-4-2-3-11(7-13)16(23)19-9-15(22)25-10-14(21)20-17-12(8-18)5-6-26-17/h2-7H,9-10H2,1H3,(H,19,23)(H,20,21). The average Bonchev–Trinajstić information content (AvgIpc) is 3.11. The van der Waals surface area contributed by atoms with Gasteiger partial charge in [0, 0.05) is 5.56 Å². The van der Waals surface area contributed by atoms with Gasteiger partial charge in [-0.2, -0.15) is 5.26 Å². The van der Waals surface area contributed by atoms with Crippen molar-refractivity contribution in [3.8, 4) is 11.8 Å². The highest BCUT2D eigenvalue weighted by atomic mass is 32.1. The molecule has 1 aromatic carbocycles. The number of esters is 1. The average molecular weight is 373 g/mol. The van der Waals surface area contributed by atoms with E-state index in [9.17, 15) is 14.4 Å². The Morgan fingerprint density at radius 2 is 2.08 bits per heavy atom. The van der Waals surface area contributed by atoms with E-state index in [0.29, 0.717) is 21.9 Å². The molecule has 0 fully saturated rings. The molecule has 1 heterocycles. The first kappa shape index (κ1) is 19.0. The van der Waals surface area contributed by atoms with Gasteiger partial charge in [0.2, 0.25) is 0 Å². The Morgan fingerprint density at radius 1 is 1.27 bits per heavy atom. The molecule has 0 aliphatic carbocycles. The van der Waals surface area contributed by atoms with E-state index in [2.05, 4.69) is 10.6 Å². The predicted molar refractivity (Wildman–Crippen MR) is 93.9 cm³/mol. The number of benzene rings is 1. The summed E-state index contributed by atoms with van der Waals surface area (Å²) in [5, 5.41) is 15.8. The van der Waals surface area contributed by atoms with Gasteiger partial charge in [-0.1, -0.05) is 6.07 Å². The van der Waals surface area contributed by atoms with Crippen LogP contribution in [0.3, 0.4) is 0 Å². The third-order valence-corrected chi connectivity index (χ3v) is 3.96. The third kappa shape index (κ3) is 5.32. The zero-order valence-electron chi connectivity index (χ0n) is 13.8. The summed E-state index contributed by atoms with van der Waals surface area (Å²) in [7, 11) is 1.48. The minimum atomic E-state index is -0.761. The van der Waals surface area contributed by atoms with Gasteiger partial charge in [-0.25, -0.2) is 0 Å². The zero-order valence-corrected chi connectivity index (χ0v) is 14.6.